The minimum Gasteiger partial charge on any atom is -0.487 e. The fourth-order valence-corrected chi connectivity index (χ4v) is 4.40. The Kier molecular flexibility index (Phi) is 7.64. The number of ether oxygens (including phenoxy) is 1. The number of hydrogen-bond acceptors (Lipinski definition) is 6. The molecule has 0 fully saturated rings. The van der Waals surface area contributed by atoms with Crippen molar-refractivity contribution in [1.29, 1.82) is 0 Å². The van der Waals surface area contributed by atoms with Gasteiger partial charge in [0.25, 0.3) is 0 Å². The third-order valence-corrected chi connectivity index (χ3v) is 5.98. The van der Waals surface area contributed by atoms with Crippen molar-refractivity contribution in [3.8, 4) is 5.75 Å². The van der Waals surface area contributed by atoms with E-state index in [0.29, 0.717) is 28.4 Å². The molecule has 2 aromatic carbocycles. The Morgan fingerprint density at radius 1 is 1.06 bits per heavy atom. The van der Waals surface area contributed by atoms with Gasteiger partial charge >= 0.3 is 17.6 Å². The van der Waals surface area contributed by atoms with E-state index in [2.05, 4.69) is 15.0 Å². The highest BCUT2D eigenvalue weighted by atomic mass is 32.2. The average Bonchev–Trinajstić information content (AvgIpc) is 3.09. The van der Waals surface area contributed by atoms with Crippen LogP contribution in [0.15, 0.2) is 46.3 Å². The minimum absolute atomic E-state index is 0.00883. The van der Waals surface area contributed by atoms with Crippen molar-refractivity contribution in [2.75, 3.05) is 18.0 Å². The molecule has 2 aromatic rings. The molecule has 0 atom stereocenters. The lowest BCUT2D eigenvalue weighted by Gasteiger charge is -2.18. The number of hydrogen-bond donors (Lipinski definition) is 2. The zero-order valence-corrected chi connectivity index (χ0v) is 20.0. The van der Waals surface area contributed by atoms with Gasteiger partial charge in [0.15, 0.2) is 0 Å². The predicted molar refractivity (Wildman–Crippen MR) is 123 cm³/mol. The largest absolute Gasteiger partial charge is 0.487 e. The molecule has 1 amide bonds. The maximum atomic E-state index is 13.4. The van der Waals surface area contributed by atoms with Crippen molar-refractivity contribution in [3.05, 3.63) is 63.6 Å². The monoisotopic (exact) mass is 553 g/mol. The molecular weight excluding hydrogens is 536 g/mol. The summed E-state index contributed by atoms with van der Waals surface area (Å²) < 4.78 is 110. The van der Waals surface area contributed by atoms with Crippen molar-refractivity contribution < 1.29 is 44.3 Å². The molecule has 3 rings (SSSR count). The summed E-state index contributed by atoms with van der Waals surface area (Å²) in [5, 5.41) is 2.28. The van der Waals surface area contributed by atoms with Gasteiger partial charge < -0.3 is 10.1 Å². The summed E-state index contributed by atoms with van der Waals surface area (Å²) >= 11 is 0.830. The molecule has 36 heavy (non-hydrogen) atoms. The molecular formula is C21H17F6N3O4S2. The third kappa shape index (κ3) is 6.94. The first kappa shape index (κ1) is 27.4. The number of rotatable bonds is 6. The number of thioether (sulfide) groups is 1. The van der Waals surface area contributed by atoms with E-state index in [0.717, 1.165) is 18.0 Å². The Hall–Kier alpha value is -3.20. The molecule has 1 aliphatic heterocycles. The van der Waals surface area contributed by atoms with Crippen LogP contribution in [0.1, 0.15) is 22.3 Å². The molecule has 15 heteroatoms. The highest BCUT2D eigenvalue weighted by Crippen LogP contribution is 2.38. The van der Waals surface area contributed by atoms with Crippen LogP contribution in [-0.4, -0.2) is 32.8 Å². The number of carbonyl (C=O) groups excluding carboxylic acids is 1. The Morgan fingerprint density at radius 3 is 2.33 bits per heavy atom. The second-order valence-corrected chi connectivity index (χ2v) is 10.1. The van der Waals surface area contributed by atoms with Gasteiger partial charge in [-0.3, -0.25) is 9.52 Å². The standard InChI is InChI=1S/C21H17F6N3O4S2/c1-28-18-17(35-19(31)29-18)8-11-3-6-16(15(7-11)30-36(2,32)33)34-10-12-4-5-13(20(22,23)24)9-14(12)21(25,26)27/h3-9,30H,10H2,1-2H3,(H,28,29,31). The number of likely N-dealkylation sites (N-methyl/N-ethyl adjacent to an activating group) is 1. The van der Waals surface area contributed by atoms with Crippen LogP contribution in [0.4, 0.5) is 36.8 Å². The SMILES string of the molecule is CNC1=NC(=O)SC1=Cc1ccc(OCc2ccc(C(F)(F)F)cc2C(F)(F)F)c(NS(C)(=O)=O)c1. The quantitative estimate of drug-likeness (QED) is 0.459. The second-order valence-electron chi connectivity index (χ2n) is 7.37. The topological polar surface area (TPSA) is 96.9 Å². The summed E-state index contributed by atoms with van der Waals surface area (Å²) in [5.41, 5.74) is -3.31. The summed E-state index contributed by atoms with van der Waals surface area (Å²) in [7, 11) is -2.30. The predicted octanol–water partition coefficient (Wildman–Crippen LogP) is 5.50. The van der Waals surface area contributed by atoms with E-state index in [4.69, 9.17) is 4.74 Å². The first-order chi connectivity index (χ1) is 16.6. The van der Waals surface area contributed by atoms with Crippen LogP contribution >= 0.6 is 11.8 Å². The number of amidine groups is 1. The van der Waals surface area contributed by atoms with Gasteiger partial charge in [-0.1, -0.05) is 12.1 Å². The minimum atomic E-state index is -5.09. The van der Waals surface area contributed by atoms with Gasteiger partial charge in [0.05, 0.1) is 28.0 Å². The van der Waals surface area contributed by atoms with Gasteiger partial charge in [-0.25, -0.2) is 8.42 Å². The molecule has 1 aliphatic rings. The van der Waals surface area contributed by atoms with E-state index in [1.807, 2.05) is 0 Å². The van der Waals surface area contributed by atoms with Gasteiger partial charge in [-0.15, -0.1) is 0 Å². The smallest absolute Gasteiger partial charge is 0.416 e. The van der Waals surface area contributed by atoms with Crippen molar-refractivity contribution in [2.45, 2.75) is 19.0 Å². The summed E-state index contributed by atoms with van der Waals surface area (Å²) in [6.07, 6.45) is -7.69. The molecule has 0 radical (unpaired) electrons. The summed E-state index contributed by atoms with van der Waals surface area (Å²) in [6.45, 7) is -0.799. The first-order valence-corrected chi connectivity index (χ1v) is 12.5. The van der Waals surface area contributed by atoms with Crippen LogP contribution in [0, 0.1) is 0 Å². The molecule has 0 bridgehead atoms. The molecule has 0 saturated carbocycles. The van der Waals surface area contributed by atoms with Gasteiger partial charge in [0.2, 0.25) is 10.0 Å². The Bertz CT molecular complexity index is 1350. The molecule has 2 N–H and O–H groups in total. The van der Waals surface area contributed by atoms with E-state index in [9.17, 15) is 39.6 Å². The van der Waals surface area contributed by atoms with Gasteiger partial charge in [-0.05, 0) is 47.7 Å². The summed E-state index contributed by atoms with van der Waals surface area (Å²) in [4.78, 5) is 15.8. The Morgan fingerprint density at radius 2 is 1.75 bits per heavy atom. The molecule has 0 aromatic heterocycles. The Labute approximate surface area is 205 Å². The van der Waals surface area contributed by atoms with Crippen LogP contribution in [0.3, 0.4) is 0 Å². The number of alkyl halides is 6. The highest BCUT2D eigenvalue weighted by Gasteiger charge is 2.38. The van der Waals surface area contributed by atoms with E-state index >= 15 is 0 Å². The lowest BCUT2D eigenvalue weighted by molar-refractivity contribution is -0.143. The Balaban J connectivity index is 1.95. The number of halogens is 6. The van der Waals surface area contributed by atoms with Crippen LogP contribution in [0.2, 0.25) is 0 Å². The second kappa shape index (κ2) is 10.0. The number of nitrogens with zero attached hydrogens (tertiary/aromatic N) is 1. The lowest BCUT2D eigenvalue weighted by atomic mass is 10.0. The number of anilines is 1. The van der Waals surface area contributed by atoms with Gasteiger partial charge in [-0.2, -0.15) is 31.3 Å². The van der Waals surface area contributed by atoms with Crippen molar-refractivity contribution in [3.63, 3.8) is 0 Å². The molecule has 0 unspecified atom stereocenters. The fraction of sp³-hybridized carbons (Fsp3) is 0.238. The van der Waals surface area contributed by atoms with Crippen LogP contribution in [-0.2, 0) is 29.0 Å². The zero-order valence-electron chi connectivity index (χ0n) is 18.4. The van der Waals surface area contributed by atoms with E-state index in [1.165, 1.54) is 24.3 Å². The maximum Gasteiger partial charge on any atom is 0.416 e. The molecule has 0 aliphatic carbocycles. The number of sulfonamides is 1. The lowest BCUT2D eigenvalue weighted by Crippen LogP contribution is -2.16. The van der Waals surface area contributed by atoms with E-state index in [-0.39, 0.29) is 17.5 Å². The summed E-state index contributed by atoms with van der Waals surface area (Å²) in [5.74, 6) is 0.123. The zero-order chi connectivity index (χ0) is 26.9. The average molecular weight is 554 g/mol. The molecule has 7 nitrogen and oxygen atoms in total. The van der Waals surface area contributed by atoms with Crippen LogP contribution in [0.25, 0.3) is 6.08 Å². The van der Waals surface area contributed by atoms with Gasteiger partial charge in [0.1, 0.15) is 18.2 Å². The molecule has 194 valence electrons. The fourth-order valence-electron chi connectivity index (χ4n) is 3.08. The summed E-state index contributed by atoms with van der Waals surface area (Å²) in [6, 6.07) is 5.18. The maximum absolute atomic E-state index is 13.4. The number of benzene rings is 2. The van der Waals surface area contributed by atoms with Crippen molar-refractivity contribution in [1.82, 2.24) is 5.32 Å². The number of carbonyl (C=O) groups is 1. The number of amides is 1. The van der Waals surface area contributed by atoms with Crippen LogP contribution < -0.4 is 14.8 Å². The molecule has 0 saturated heterocycles. The number of nitrogens with one attached hydrogen (secondary N) is 2. The third-order valence-electron chi connectivity index (χ3n) is 4.59. The van der Waals surface area contributed by atoms with Gasteiger partial charge in [0, 0.05) is 12.6 Å². The van der Waals surface area contributed by atoms with Crippen molar-refractivity contribution >= 4 is 44.6 Å². The molecule has 0 spiro atoms. The normalized spacial score (nSPS) is 15.7. The van der Waals surface area contributed by atoms with Crippen LogP contribution in [0.5, 0.6) is 5.75 Å². The number of aliphatic imine (C=N–C) groups is 1. The van der Waals surface area contributed by atoms with E-state index in [1.54, 1.807) is 7.05 Å². The van der Waals surface area contributed by atoms with Crippen molar-refractivity contribution in [2.24, 2.45) is 4.99 Å². The first-order valence-electron chi connectivity index (χ1n) is 9.79. The molecule has 1 heterocycles. The highest BCUT2D eigenvalue weighted by molar-refractivity contribution is 8.18. The van der Waals surface area contributed by atoms with E-state index < -0.39 is 50.9 Å².